The summed E-state index contributed by atoms with van der Waals surface area (Å²) in [6.45, 7) is -0.0269. The molecule has 0 bridgehead atoms. The molecule has 2 rings (SSSR count). The van der Waals surface area contributed by atoms with Crippen molar-refractivity contribution in [1.82, 2.24) is 0 Å². The average Bonchev–Trinajstić information content (AvgIpc) is 2.49. The number of hydrogen-bond acceptors (Lipinski definition) is 5. The van der Waals surface area contributed by atoms with Crippen LogP contribution in [-0.4, -0.2) is 30.1 Å². The van der Waals surface area contributed by atoms with Crippen LogP contribution in [0.3, 0.4) is 0 Å². The van der Waals surface area contributed by atoms with Gasteiger partial charge in [0.15, 0.2) is 0 Å². The van der Waals surface area contributed by atoms with E-state index in [0.29, 0.717) is 12.8 Å². The van der Waals surface area contributed by atoms with Crippen LogP contribution in [0.1, 0.15) is 38.5 Å². The largest absolute Gasteiger partial charge is 0.481 e. The minimum Gasteiger partial charge on any atom is -0.481 e. The lowest BCUT2D eigenvalue weighted by Crippen LogP contribution is -2.40. The molecule has 1 spiro atoms. The summed E-state index contributed by atoms with van der Waals surface area (Å²) in [7, 11) is 0. The first-order chi connectivity index (χ1) is 8.22. The number of carboxylic acid groups (broad SMARTS) is 1. The Bertz CT molecular complexity index is 247. The van der Waals surface area contributed by atoms with E-state index in [1.54, 1.807) is 0 Å². The second-order valence-corrected chi connectivity index (χ2v) is 4.60. The molecule has 98 valence electrons. The van der Waals surface area contributed by atoms with Gasteiger partial charge in [0, 0.05) is 12.8 Å². The molecule has 1 saturated carbocycles. The smallest absolute Gasteiger partial charge is 0.311 e. The van der Waals surface area contributed by atoms with Gasteiger partial charge in [0.1, 0.15) is 5.92 Å². The van der Waals surface area contributed by atoms with Crippen molar-refractivity contribution < 1.29 is 29.5 Å². The minimum absolute atomic E-state index is 0.0134. The van der Waals surface area contributed by atoms with E-state index >= 15 is 0 Å². The standard InChI is InChI=1S/C11H18O6/c12-10(13)9-7-14-16-11(17-15-8-9)5-3-1-2-4-6-11/h9H,1-8H2,(H,12,13). The van der Waals surface area contributed by atoms with E-state index in [0.717, 1.165) is 25.7 Å². The number of carboxylic acids is 1. The summed E-state index contributed by atoms with van der Waals surface area (Å²) in [5, 5.41) is 8.83. The van der Waals surface area contributed by atoms with Gasteiger partial charge in [0.25, 0.3) is 0 Å². The first-order valence-corrected chi connectivity index (χ1v) is 6.06. The quantitative estimate of drug-likeness (QED) is 0.709. The Morgan fingerprint density at radius 3 is 2.00 bits per heavy atom. The first kappa shape index (κ1) is 12.8. The second-order valence-electron chi connectivity index (χ2n) is 4.60. The van der Waals surface area contributed by atoms with E-state index in [1.165, 1.54) is 0 Å². The zero-order valence-electron chi connectivity index (χ0n) is 9.72. The Balaban J connectivity index is 1.92. The molecule has 0 aromatic heterocycles. The molecule has 1 heterocycles. The maximum Gasteiger partial charge on any atom is 0.311 e. The normalized spacial score (nSPS) is 27.1. The molecule has 0 amide bonds. The summed E-state index contributed by atoms with van der Waals surface area (Å²) < 4.78 is 0. The predicted octanol–water partition coefficient (Wildman–Crippen LogP) is 1.65. The Hall–Kier alpha value is -0.690. The van der Waals surface area contributed by atoms with Gasteiger partial charge in [-0.25, -0.2) is 9.78 Å². The second kappa shape index (κ2) is 5.77. The van der Waals surface area contributed by atoms with Crippen molar-refractivity contribution in [1.29, 1.82) is 0 Å². The van der Waals surface area contributed by atoms with Crippen molar-refractivity contribution in [2.45, 2.75) is 44.3 Å². The fourth-order valence-corrected chi connectivity index (χ4v) is 2.09. The number of rotatable bonds is 1. The number of aliphatic carboxylic acids is 1. The van der Waals surface area contributed by atoms with Gasteiger partial charge in [-0.1, -0.05) is 12.8 Å². The molecular formula is C11H18O6. The van der Waals surface area contributed by atoms with E-state index in [4.69, 9.17) is 24.7 Å². The van der Waals surface area contributed by atoms with Gasteiger partial charge >= 0.3 is 5.97 Å². The third kappa shape index (κ3) is 3.38. The lowest BCUT2D eigenvalue weighted by atomic mass is 10.1. The number of carbonyl (C=O) groups is 1. The summed E-state index contributed by atoms with van der Waals surface area (Å²) in [4.78, 5) is 31.3. The van der Waals surface area contributed by atoms with E-state index in [-0.39, 0.29) is 13.2 Å². The van der Waals surface area contributed by atoms with Crippen molar-refractivity contribution in [3.63, 3.8) is 0 Å². The van der Waals surface area contributed by atoms with Crippen molar-refractivity contribution in [3.8, 4) is 0 Å². The Morgan fingerprint density at radius 2 is 1.53 bits per heavy atom. The molecule has 0 aromatic carbocycles. The Kier molecular flexibility index (Phi) is 4.33. The molecule has 2 aliphatic rings. The van der Waals surface area contributed by atoms with Crippen molar-refractivity contribution in [3.05, 3.63) is 0 Å². The third-order valence-corrected chi connectivity index (χ3v) is 3.17. The molecular weight excluding hydrogens is 228 g/mol. The highest BCUT2D eigenvalue weighted by Gasteiger charge is 2.38. The van der Waals surface area contributed by atoms with Crippen LogP contribution in [0.25, 0.3) is 0 Å². The third-order valence-electron chi connectivity index (χ3n) is 3.17. The van der Waals surface area contributed by atoms with Crippen molar-refractivity contribution >= 4 is 5.97 Å². The van der Waals surface area contributed by atoms with Crippen molar-refractivity contribution in [2.24, 2.45) is 5.92 Å². The van der Waals surface area contributed by atoms with Gasteiger partial charge in [0.2, 0.25) is 5.79 Å². The molecule has 17 heavy (non-hydrogen) atoms. The monoisotopic (exact) mass is 246 g/mol. The Morgan fingerprint density at radius 1 is 1.00 bits per heavy atom. The maximum atomic E-state index is 10.8. The highest BCUT2D eigenvalue weighted by molar-refractivity contribution is 5.70. The van der Waals surface area contributed by atoms with Crippen LogP contribution in [0.2, 0.25) is 0 Å². The molecule has 1 saturated heterocycles. The zero-order valence-corrected chi connectivity index (χ0v) is 9.72. The van der Waals surface area contributed by atoms with Gasteiger partial charge in [-0.3, -0.25) is 4.79 Å². The summed E-state index contributed by atoms with van der Waals surface area (Å²) in [6, 6.07) is 0. The predicted molar refractivity (Wildman–Crippen MR) is 55.6 cm³/mol. The van der Waals surface area contributed by atoms with E-state index in [2.05, 4.69) is 0 Å². The van der Waals surface area contributed by atoms with Gasteiger partial charge in [-0.15, -0.1) is 0 Å². The topological polar surface area (TPSA) is 74.2 Å². The SMILES string of the molecule is O=C(O)C1COOC2(CCCCCC2)OOC1. The fourth-order valence-electron chi connectivity index (χ4n) is 2.09. The summed E-state index contributed by atoms with van der Waals surface area (Å²) >= 11 is 0. The van der Waals surface area contributed by atoms with Crippen LogP contribution in [0.15, 0.2) is 0 Å². The number of hydrogen-bond donors (Lipinski definition) is 1. The molecule has 0 unspecified atom stereocenters. The average molecular weight is 246 g/mol. The molecule has 0 aromatic rings. The van der Waals surface area contributed by atoms with Crippen LogP contribution >= 0.6 is 0 Å². The molecule has 1 aliphatic heterocycles. The summed E-state index contributed by atoms with van der Waals surface area (Å²) in [6.07, 6.45) is 5.71. The summed E-state index contributed by atoms with van der Waals surface area (Å²) in [5.41, 5.74) is 0. The minimum atomic E-state index is -0.978. The van der Waals surface area contributed by atoms with Gasteiger partial charge in [-0.2, -0.15) is 9.78 Å². The molecule has 6 heteroatoms. The van der Waals surface area contributed by atoms with Crippen LogP contribution < -0.4 is 0 Å². The van der Waals surface area contributed by atoms with Crippen LogP contribution in [0.5, 0.6) is 0 Å². The van der Waals surface area contributed by atoms with E-state index in [1.807, 2.05) is 0 Å². The molecule has 1 N–H and O–H groups in total. The summed E-state index contributed by atoms with van der Waals surface area (Å²) in [5.74, 6) is -2.58. The molecule has 0 atom stereocenters. The van der Waals surface area contributed by atoms with Crippen LogP contribution in [-0.2, 0) is 24.3 Å². The van der Waals surface area contributed by atoms with Crippen LogP contribution in [0, 0.1) is 5.92 Å². The van der Waals surface area contributed by atoms with Crippen molar-refractivity contribution in [2.75, 3.05) is 13.2 Å². The molecule has 6 nitrogen and oxygen atoms in total. The molecule has 1 aliphatic carbocycles. The molecule has 2 fully saturated rings. The molecule has 0 radical (unpaired) electrons. The van der Waals surface area contributed by atoms with Gasteiger partial charge < -0.3 is 5.11 Å². The fraction of sp³-hybridized carbons (Fsp3) is 0.909. The zero-order chi connectivity index (χ0) is 12.1. The van der Waals surface area contributed by atoms with E-state index in [9.17, 15) is 4.79 Å². The highest BCUT2D eigenvalue weighted by Crippen LogP contribution is 2.33. The van der Waals surface area contributed by atoms with E-state index < -0.39 is 17.7 Å². The lowest BCUT2D eigenvalue weighted by Gasteiger charge is -2.32. The van der Waals surface area contributed by atoms with Crippen LogP contribution in [0.4, 0.5) is 0 Å². The first-order valence-electron chi connectivity index (χ1n) is 6.06. The highest BCUT2D eigenvalue weighted by atomic mass is 17.3. The van der Waals surface area contributed by atoms with Gasteiger partial charge in [0.05, 0.1) is 13.2 Å². The Labute approximate surface area is 99.6 Å². The van der Waals surface area contributed by atoms with Gasteiger partial charge in [-0.05, 0) is 12.8 Å². The lowest BCUT2D eigenvalue weighted by molar-refractivity contribution is -0.529. The maximum absolute atomic E-state index is 10.8.